The van der Waals surface area contributed by atoms with Gasteiger partial charge in [-0.2, -0.15) is 0 Å². The zero-order valence-corrected chi connectivity index (χ0v) is 13.2. The highest BCUT2D eigenvalue weighted by molar-refractivity contribution is 5.89. The standard InChI is InChI=1S/C19H22N2O2/c22-13-12-21(15-16-6-4-11-20-14-16)18(23)19(9-5-10-19)17-7-2-1-3-8-17/h1-4,6-8,11,14,22H,5,9-10,12-13,15H2. The van der Waals surface area contributed by atoms with E-state index in [0.29, 0.717) is 13.1 Å². The van der Waals surface area contributed by atoms with Gasteiger partial charge in [-0.15, -0.1) is 0 Å². The van der Waals surface area contributed by atoms with Gasteiger partial charge in [-0.3, -0.25) is 9.78 Å². The van der Waals surface area contributed by atoms with Crippen LogP contribution in [0.25, 0.3) is 0 Å². The molecule has 1 fully saturated rings. The molecule has 1 N–H and O–H groups in total. The van der Waals surface area contributed by atoms with Crippen LogP contribution in [0.15, 0.2) is 54.9 Å². The van der Waals surface area contributed by atoms with Gasteiger partial charge in [0.15, 0.2) is 0 Å². The number of carbonyl (C=O) groups is 1. The lowest BCUT2D eigenvalue weighted by Gasteiger charge is -2.44. The second-order valence-electron chi connectivity index (χ2n) is 6.11. The summed E-state index contributed by atoms with van der Waals surface area (Å²) in [6.45, 7) is 0.807. The van der Waals surface area contributed by atoms with Crippen LogP contribution < -0.4 is 0 Å². The van der Waals surface area contributed by atoms with Crippen LogP contribution in [0.4, 0.5) is 0 Å². The third-order valence-corrected chi connectivity index (χ3v) is 4.70. The summed E-state index contributed by atoms with van der Waals surface area (Å²) in [4.78, 5) is 19.1. The van der Waals surface area contributed by atoms with Crippen molar-refractivity contribution in [3.8, 4) is 0 Å². The summed E-state index contributed by atoms with van der Waals surface area (Å²) >= 11 is 0. The minimum Gasteiger partial charge on any atom is -0.395 e. The monoisotopic (exact) mass is 310 g/mol. The topological polar surface area (TPSA) is 53.4 Å². The average molecular weight is 310 g/mol. The second kappa shape index (κ2) is 6.92. The van der Waals surface area contributed by atoms with Gasteiger partial charge in [-0.05, 0) is 30.0 Å². The fourth-order valence-electron chi connectivity index (χ4n) is 3.30. The highest BCUT2D eigenvalue weighted by Gasteiger charge is 2.47. The predicted octanol–water partition coefficient (Wildman–Crippen LogP) is 2.52. The summed E-state index contributed by atoms with van der Waals surface area (Å²) in [5.74, 6) is 0.118. The van der Waals surface area contributed by atoms with Gasteiger partial charge in [0.25, 0.3) is 0 Å². The van der Waals surface area contributed by atoms with Crippen molar-refractivity contribution >= 4 is 5.91 Å². The third-order valence-electron chi connectivity index (χ3n) is 4.70. The number of aliphatic hydroxyl groups is 1. The molecule has 4 nitrogen and oxygen atoms in total. The summed E-state index contributed by atoms with van der Waals surface area (Å²) in [5.41, 5.74) is 1.65. The van der Waals surface area contributed by atoms with Crippen LogP contribution in [0, 0.1) is 0 Å². The molecule has 1 aliphatic rings. The minimum absolute atomic E-state index is 0.0309. The van der Waals surface area contributed by atoms with Gasteiger partial charge in [-0.25, -0.2) is 0 Å². The van der Waals surface area contributed by atoms with E-state index >= 15 is 0 Å². The van der Waals surface area contributed by atoms with Crippen molar-refractivity contribution in [3.63, 3.8) is 0 Å². The maximum atomic E-state index is 13.2. The number of aliphatic hydroxyl groups excluding tert-OH is 1. The molecule has 3 rings (SSSR count). The molecule has 120 valence electrons. The van der Waals surface area contributed by atoms with Crippen molar-refractivity contribution in [2.75, 3.05) is 13.2 Å². The Kier molecular flexibility index (Phi) is 4.72. The van der Waals surface area contributed by atoms with Crippen molar-refractivity contribution < 1.29 is 9.90 Å². The molecule has 0 bridgehead atoms. The summed E-state index contributed by atoms with van der Waals surface area (Å²) in [5, 5.41) is 9.38. The quantitative estimate of drug-likeness (QED) is 0.892. The van der Waals surface area contributed by atoms with E-state index in [1.807, 2.05) is 42.5 Å². The lowest BCUT2D eigenvalue weighted by molar-refractivity contribution is -0.142. The van der Waals surface area contributed by atoms with Crippen molar-refractivity contribution in [1.29, 1.82) is 0 Å². The highest BCUT2D eigenvalue weighted by Crippen LogP contribution is 2.45. The van der Waals surface area contributed by atoms with Gasteiger partial charge in [0.2, 0.25) is 5.91 Å². The van der Waals surface area contributed by atoms with E-state index in [1.165, 1.54) is 0 Å². The zero-order valence-electron chi connectivity index (χ0n) is 13.2. The number of pyridine rings is 1. The molecular formula is C19H22N2O2. The summed E-state index contributed by atoms with van der Waals surface area (Å²) in [7, 11) is 0. The fourth-order valence-corrected chi connectivity index (χ4v) is 3.30. The normalized spacial score (nSPS) is 15.7. The molecule has 0 saturated heterocycles. The SMILES string of the molecule is O=C(N(CCO)Cc1cccnc1)C1(c2ccccc2)CCC1. The lowest BCUT2D eigenvalue weighted by atomic mass is 9.63. The first-order chi connectivity index (χ1) is 11.3. The Morgan fingerprint density at radius 1 is 1.17 bits per heavy atom. The van der Waals surface area contributed by atoms with Crippen molar-refractivity contribution in [2.45, 2.75) is 31.2 Å². The number of nitrogens with zero attached hydrogens (tertiary/aromatic N) is 2. The van der Waals surface area contributed by atoms with Crippen LogP contribution >= 0.6 is 0 Å². The summed E-state index contributed by atoms with van der Waals surface area (Å²) in [6.07, 6.45) is 6.32. The van der Waals surface area contributed by atoms with Gasteiger partial charge < -0.3 is 10.0 Å². The highest BCUT2D eigenvalue weighted by atomic mass is 16.3. The predicted molar refractivity (Wildman–Crippen MR) is 88.7 cm³/mol. The molecule has 1 saturated carbocycles. The number of amides is 1. The molecule has 1 amide bonds. The molecule has 23 heavy (non-hydrogen) atoms. The fraction of sp³-hybridized carbons (Fsp3) is 0.368. The largest absolute Gasteiger partial charge is 0.395 e. The average Bonchev–Trinajstić information content (AvgIpc) is 2.55. The molecule has 1 aliphatic carbocycles. The Morgan fingerprint density at radius 3 is 2.52 bits per heavy atom. The van der Waals surface area contributed by atoms with E-state index in [2.05, 4.69) is 4.98 Å². The maximum Gasteiger partial charge on any atom is 0.233 e. The van der Waals surface area contributed by atoms with E-state index in [0.717, 1.165) is 30.4 Å². The van der Waals surface area contributed by atoms with Crippen LogP contribution in [0.1, 0.15) is 30.4 Å². The van der Waals surface area contributed by atoms with E-state index in [1.54, 1.807) is 17.3 Å². The van der Waals surface area contributed by atoms with Gasteiger partial charge in [0.1, 0.15) is 0 Å². The van der Waals surface area contributed by atoms with Gasteiger partial charge in [0, 0.05) is 25.5 Å². The minimum atomic E-state index is -0.418. The smallest absolute Gasteiger partial charge is 0.233 e. The maximum absolute atomic E-state index is 13.2. The second-order valence-corrected chi connectivity index (χ2v) is 6.11. The number of benzene rings is 1. The van der Waals surface area contributed by atoms with Crippen LogP contribution in [0.5, 0.6) is 0 Å². The molecule has 0 radical (unpaired) electrons. The molecule has 0 aliphatic heterocycles. The Morgan fingerprint density at radius 2 is 1.96 bits per heavy atom. The van der Waals surface area contributed by atoms with Gasteiger partial charge in [0.05, 0.1) is 12.0 Å². The molecule has 1 aromatic heterocycles. The van der Waals surface area contributed by atoms with Crippen LogP contribution in [0.2, 0.25) is 0 Å². The summed E-state index contributed by atoms with van der Waals surface area (Å²) in [6, 6.07) is 13.9. The molecule has 0 unspecified atom stereocenters. The molecule has 4 heteroatoms. The molecule has 1 aromatic carbocycles. The van der Waals surface area contributed by atoms with Crippen molar-refractivity contribution in [3.05, 3.63) is 66.0 Å². The van der Waals surface area contributed by atoms with Crippen molar-refractivity contribution in [2.24, 2.45) is 0 Å². The molecule has 1 heterocycles. The number of aromatic nitrogens is 1. The number of carbonyl (C=O) groups excluding carboxylic acids is 1. The van der Waals surface area contributed by atoms with Gasteiger partial charge >= 0.3 is 0 Å². The van der Waals surface area contributed by atoms with Crippen LogP contribution in [-0.2, 0) is 16.8 Å². The lowest BCUT2D eigenvalue weighted by Crippen LogP contribution is -2.51. The number of hydrogen-bond acceptors (Lipinski definition) is 3. The first-order valence-corrected chi connectivity index (χ1v) is 8.11. The first kappa shape index (κ1) is 15.7. The van der Waals surface area contributed by atoms with E-state index in [4.69, 9.17) is 0 Å². The van der Waals surface area contributed by atoms with E-state index in [9.17, 15) is 9.90 Å². The Balaban J connectivity index is 1.85. The summed E-state index contributed by atoms with van der Waals surface area (Å²) < 4.78 is 0. The zero-order chi connectivity index (χ0) is 16.1. The molecule has 0 spiro atoms. The third kappa shape index (κ3) is 3.13. The number of rotatable bonds is 6. The van der Waals surface area contributed by atoms with Gasteiger partial charge in [-0.1, -0.05) is 42.8 Å². The molecular weight excluding hydrogens is 288 g/mol. The van der Waals surface area contributed by atoms with E-state index in [-0.39, 0.29) is 12.5 Å². The number of hydrogen-bond donors (Lipinski definition) is 1. The first-order valence-electron chi connectivity index (χ1n) is 8.11. The molecule has 2 aromatic rings. The molecule has 0 atom stereocenters. The van der Waals surface area contributed by atoms with Crippen LogP contribution in [-0.4, -0.2) is 34.0 Å². The van der Waals surface area contributed by atoms with Crippen molar-refractivity contribution in [1.82, 2.24) is 9.88 Å². The van der Waals surface area contributed by atoms with Crippen LogP contribution in [0.3, 0.4) is 0 Å². The van der Waals surface area contributed by atoms with E-state index < -0.39 is 5.41 Å². The Labute approximate surface area is 136 Å². The Hall–Kier alpha value is -2.20. The Bertz CT molecular complexity index is 639.